The Hall–Kier alpha value is -3.60. The third-order valence-corrected chi connectivity index (χ3v) is 6.79. The molecule has 1 amide bonds. The lowest BCUT2D eigenvalue weighted by molar-refractivity contribution is -0.137. The Labute approximate surface area is 229 Å². The summed E-state index contributed by atoms with van der Waals surface area (Å²) in [5, 5.41) is 8.80. The maximum Gasteiger partial charge on any atom is 0.303 e. The van der Waals surface area contributed by atoms with Crippen LogP contribution in [-0.4, -0.2) is 34.5 Å². The summed E-state index contributed by atoms with van der Waals surface area (Å²) in [5.74, 6) is -0.741. The molecule has 3 aromatic carbocycles. The summed E-state index contributed by atoms with van der Waals surface area (Å²) in [4.78, 5) is 25.8. The van der Waals surface area contributed by atoms with E-state index in [1.54, 1.807) is 36.4 Å². The minimum absolute atomic E-state index is 0.129. The zero-order valence-corrected chi connectivity index (χ0v) is 22.2. The summed E-state index contributed by atoms with van der Waals surface area (Å²) in [6.45, 7) is 0.478. The number of benzene rings is 3. The number of aryl methyl sites for hydroxylation is 1. The Morgan fingerprint density at radius 1 is 0.921 bits per heavy atom. The van der Waals surface area contributed by atoms with Crippen molar-refractivity contribution in [1.29, 1.82) is 0 Å². The van der Waals surface area contributed by atoms with Gasteiger partial charge in [0.15, 0.2) is 0 Å². The Bertz CT molecular complexity index is 1270. The monoisotopic (exact) mass is 515 g/mol. The van der Waals surface area contributed by atoms with Crippen LogP contribution in [0, 0.1) is 0 Å². The van der Waals surface area contributed by atoms with E-state index < -0.39 is 12.5 Å². The lowest BCUT2D eigenvalue weighted by Crippen LogP contribution is -2.32. The van der Waals surface area contributed by atoms with Crippen LogP contribution in [0.3, 0.4) is 0 Å². The van der Waals surface area contributed by atoms with Gasteiger partial charge in [-0.2, -0.15) is 0 Å². The molecule has 0 aromatic heterocycles. The quantitative estimate of drug-likeness (QED) is 0.213. The lowest BCUT2D eigenvalue weighted by atomic mass is 10.0. The summed E-state index contributed by atoms with van der Waals surface area (Å²) in [6, 6.07) is 22.7. The van der Waals surface area contributed by atoms with E-state index in [4.69, 9.17) is 12.6 Å². The highest BCUT2D eigenvalue weighted by Crippen LogP contribution is 2.32. The minimum atomic E-state index is -2.06. The molecule has 4 rings (SSSR count). The highest BCUT2D eigenvalue weighted by molar-refractivity contribution is 5.95. The summed E-state index contributed by atoms with van der Waals surface area (Å²) in [7, 11) is 0. The van der Waals surface area contributed by atoms with Gasteiger partial charge >= 0.3 is 5.97 Å². The molecule has 0 atom stereocenters. The molecule has 0 spiro atoms. The van der Waals surface area contributed by atoms with Crippen molar-refractivity contribution in [3.63, 3.8) is 0 Å². The SMILES string of the molecule is [2H]C([2H])(c1ccccc1OCCCCCC(=O)O)N(C(=O)c1ccc(-c2ccc(CCCC)cc2)cc1)C1CC1. The Morgan fingerprint density at radius 2 is 1.61 bits per heavy atom. The van der Waals surface area contributed by atoms with Gasteiger partial charge in [0.25, 0.3) is 5.91 Å². The molecular weight excluding hydrogens is 474 g/mol. The maximum absolute atomic E-state index is 13.7. The number of nitrogens with zero attached hydrogens (tertiary/aromatic N) is 1. The van der Waals surface area contributed by atoms with E-state index in [-0.39, 0.29) is 18.4 Å². The predicted molar refractivity (Wildman–Crippen MR) is 151 cm³/mol. The highest BCUT2D eigenvalue weighted by Gasteiger charge is 2.33. The van der Waals surface area contributed by atoms with Crippen LogP contribution in [0.1, 0.15) is 82.5 Å². The first-order valence-corrected chi connectivity index (χ1v) is 13.8. The van der Waals surface area contributed by atoms with Crippen molar-refractivity contribution in [2.75, 3.05) is 6.61 Å². The molecule has 0 heterocycles. The van der Waals surface area contributed by atoms with Gasteiger partial charge in [0.05, 0.1) is 9.35 Å². The third kappa shape index (κ3) is 7.95. The van der Waals surface area contributed by atoms with E-state index in [9.17, 15) is 9.59 Å². The number of unbranched alkanes of at least 4 members (excludes halogenated alkanes) is 3. The molecular formula is C33H39NO4. The van der Waals surface area contributed by atoms with Gasteiger partial charge in [-0.15, -0.1) is 0 Å². The van der Waals surface area contributed by atoms with Crippen LogP contribution in [0.4, 0.5) is 0 Å². The number of carboxylic acid groups (broad SMARTS) is 1. The molecule has 1 aliphatic rings. The van der Waals surface area contributed by atoms with Crippen LogP contribution in [0.15, 0.2) is 72.8 Å². The van der Waals surface area contributed by atoms with Gasteiger partial charge in [0.1, 0.15) is 5.75 Å². The van der Waals surface area contributed by atoms with Gasteiger partial charge in [0.2, 0.25) is 0 Å². The zero-order valence-electron chi connectivity index (χ0n) is 24.2. The molecule has 0 unspecified atom stereocenters. The fourth-order valence-corrected chi connectivity index (χ4v) is 4.38. The fourth-order valence-electron chi connectivity index (χ4n) is 4.38. The normalized spacial score (nSPS) is 13.9. The number of hydrogen-bond acceptors (Lipinski definition) is 3. The molecule has 0 radical (unpaired) electrons. The summed E-state index contributed by atoms with van der Waals surface area (Å²) in [6.07, 6.45) is 7.04. The average molecular weight is 516 g/mol. The standard InChI is InChI=1S/C33H39NO4/c1-2-3-9-25-13-15-26(16-14-25)27-17-19-28(20-18-27)33(37)34(30-21-22-30)24-29-10-6-7-11-31(29)38-23-8-4-5-12-32(35)36/h6-7,10-11,13-20,30H,2-5,8-9,12,21-24H2,1H3,(H,35,36)/i24D2. The molecule has 200 valence electrons. The van der Waals surface area contributed by atoms with Gasteiger partial charge in [-0.3, -0.25) is 9.59 Å². The van der Waals surface area contributed by atoms with Crippen LogP contribution in [0.2, 0.25) is 0 Å². The second-order valence-electron chi connectivity index (χ2n) is 9.94. The van der Waals surface area contributed by atoms with Crippen molar-refractivity contribution in [2.24, 2.45) is 0 Å². The molecule has 1 aliphatic carbocycles. The van der Waals surface area contributed by atoms with E-state index in [1.807, 2.05) is 12.1 Å². The number of ether oxygens (including phenoxy) is 1. The van der Waals surface area contributed by atoms with E-state index in [0.717, 1.165) is 30.4 Å². The first kappa shape index (κ1) is 24.7. The number of hydrogen-bond donors (Lipinski definition) is 1. The molecule has 5 heteroatoms. The van der Waals surface area contributed by atoms with Crippen molar-refractivity contribution in [3.05, 3.63) is 89.5 Å². The van der Waals surface area contributed by atoms with Crippen molar-refractivity contribution >= 4 is 11.9 Å². The fraction of sp³-hybridized carbons (Fsp3) is 0.394. The first-order valence-electron chi connectivity index (χ1n) is 14.8. The Balaban J connectivity index is 1.47. The molecule has 0 saturated heterocycles. The number of carboxylic acids is 1. The zero-order chi connectivity index (χ0) is 28.5. The molecule has 1 saturated carbocycles. The third-order valence-electron chi connectivity index (χ3n) is 6.79. The summed E-state index contributed by atoms with van der Waals surface area (Å²) >= 11 is 0. The molecule has 0 aliphatic heterocycles. The van der Waals surface area contributed by atoms with Crippen LogP contribution in [0.25, 0.3) is 11.1 Å². The molecule has 38 heavy (non-hydrogen) atoms. The Morgan fingerprint density at radius 3 is 2.26 bits per heavy atom. The van der Waals surface area contributed by atoms with Crippen molar-refractivity contribution in [3.8, 4) is 16.9 Å². The number of rotatable bonds is 15. The predicted octanol–water partition coefficient (Wildman–Crippen LogP) is 7.52. The number of amides is 1. The van der Waals surface area contributed by atoms with E-state index in [1.165, 1.54) is 23.3 Å². The van der Waals surface area contributed by atoms with Crippen molar-refractivity contribution in [1.82, 2.24) is 4.90 Å². The average Bonchev–Trinajstić information content (AvgIpc) is 3.79. The van der Waals surface area contributed by atoms with Gasteiger partial charge in [-0.05, 0) is 79.8 Å². The van der Waals surface area contributed by atoms with Gasteiger partial charge in [0, 0.05) is 30.1 Å². The molecule has 5 nitrogen and oxygen atoms in total. The molecule has 1 fully saturated rings. The number of aliphatic carboxylic acids is 1. The molecule has 1 N–H and O–H groups in total. The highest BCUT2D eigenvalue weighted by atomic mass is 16.5. The second-order valence-corrected chi connectivity index (χ2v) is 9.94. The largest absolute Gasteiger partial charge is 0.493 e. The van der Waals surface area contributed by atoms with E-state index in [0.29, 0.717) is 42.7 Å². The minimum Gasteiger partial charge on any atom is -0.493 e. The number of carbonyl (C=O) groups excluding carboxylic acids is 1. The second kappa shape index (κ2) is 13.8. The topological polar surface area (TPSA) is 66.8 Å². The van der Waals surface area contributed by atoms with Crippen LogP contribution in [-0.2, 0) is 17.7 Å². The number of para-hydroxylation sites is 1. The van der Waals surface area contributed by atoms with Crippen LogP contribution < -0.4 is 4.74 Å². The van der Waals surface area contributed by atoms with E-state index in [2.05, 4.69) is 31.2 Å². The summed E-state index contributed by atoms with van der Waals surface area (Å²) in [5.41, 5.74) is 4.20. The van der Waals surface area contributed by atoms with Gasteiger partial charge in [-0.25, -0.2) is 0 Å². The van der Waals surface area contributed by atoms with Crippen molar-refractivity contribution in [2.45, 2.75) is 77.2 Å². The van der Waals surface area contributed by atoms with Crippen LogP contribution in [0.5, 0.6) is 5.75 Å². The van der Waals surface area contributed by atoms with Gasteiger partial charge in [-0.1, -0.05) is 67.9 Å². The number of carbonyl (C=O) groups is 2. The van der Waals surface area contributed by atoms with Gasteiger partial charge < -0.3 is 14.7 Å². The summed E-state index contributed by atoms with van der Waals surface area (Å²) < 4.78 is 24.1. The van der Waals surface area contributed by atoms with E-state index >= 15 is 0 Å². The molecule has 0 bridgehead atoms. The smallest absolute Gasteiger partial charge is 0.303 e. The maximum atomic E-state index is 13.7. The lowest BCUT2D eigenvalue weighted by Gasteiger charge is -2.24. The molecule has 3 aromatic rings. The first-order chi connectivity index (χ1) is 19.3. The van der Waals surface area contributed by atoms with Crippen molar-refractivity contribution < 1.29 is 22.2 Å². The van der Waals surface area contributed by atoms with Crippen LogP contribution >= 0.6 is 0 Å². The Kier molecular flexibility index (Phi) is 8.98.